The third kappa shape index (κ3) is 7.49. The molecule has 0 amide bonds. The van der Waals surface area contributed by atoms with Gasteiger partial charge in [0, 0.05) is 0 Å². The molecule has 7 heteroatoms. The van der Waals surface area contributed by atoms with Crippen molar-refractivity contribution in [1.29, 1.82) is 0 Å². The van der Waals surface area contributed by atoms with E-state index in [9.17, 15) is 0 Å². The molecule has 0 aromatic heterocycles. The van der Waals surface area contributed by atoms with Gasteiger partial charge in [0.15, 0.2) is 0 Å². The Kier molecular flexibility index (Phi) is 13.4. The molecule has 2 atom stereocenters. The van der Waals surface area contributed by atoms with Crippen molar-refractivity contribution in [3.05, 3.63) is 35.1 Å². The van der Waals surface area contributed by atoms with Crippen LogP contribution in [0.25, 0.3) is 10.6 Å². The molecule has 17 heavy (non-hydrogen) atoms. The zero-order valence-electron chi connectivity index (χ0n) is 9.37. The van der Waals surface area contributed by atoms with Crippen LogP contribution in [0.4, 0.5) is 3.55 Å². The fraction of sp³-hybridized carbons (Fsp3) is 0.600. The second-order valence-electron chi connectivity index (χ2n) is 3.40. The molecule has 0 aromatic rings. The number of hydrogen-bond donors (Lipinski definition) is 1. The van der Waals surface area contributed by atoms with E-state index in [4.69, 9.17) is 3.55 Å². The number of nitrogens with one attached hydrogen (secondary N) is 1. The van der Waals surface area contributed by atoms with Crippen LogP contribution in [0.3, 0.4) is 0 Å². The van der Waals surface area contributed by atoms with E-state index in [1.165, 1.54) is 12.8 Å². The van der Waals surface area contributed by atoms with Gasteiger partial charge in [-0.1, -0.05) is 43.7 Å². The number of piperidine rings is 1. The summed E-state index contributed by atoms with van der Waals surface area (Å²) in [7, 11) is 0. The van der Waals surface area contributed by atoms with Crippen LogP contribution < -0.4 is 5.32 Å². The van der Waals surface area contributed by atoms with Crippen molar-refractivity contribution in [2.45, 2.75) is 31.6 Å². The number of nitrogens with zero attached hydrogens (tertiary/aromatic N) is 2. The Hall–Kier alpha value is -0.431. The summed E-state index contributed by atoms with van der Waals surface area (Å²) in [5.74, 6) is 0. The maximum absolute atomic E-state index is 9.06. The Morgan fingerprint density at radius 1 is 1.18 bits per heavy atom. The summed E-state index contributed by atoms with van der Waals surface area (Å²) in [4.78, 5) is 0. The van der Waals surface area contributed by atoms with Gasteiger partial charge in [0.2, 0.25) is 0 Å². The number of halogens is 1. The van der Waals surface area contributed by atoms with Crippen LogP contribution in [-0.4, -0.2) is 29.8 Å². The van der Waals surface area contributed by atoms with E-state index in [0.29, 0.717) is 6.17 Å². The predicted octanol–water partition coefficient (Wildman–Crippen LogP) is 1.01. The zero-order valence-corrected chi connectivity index (χ0v) is 10.3. The van der Waals surface area contributed by atoms with Crippen molar-refractivity contribution in [1.82, 2.24) is 5.32 Å². The van der Waals surface area contributed by atoms with E-state index >= 15 is 0 Å². The van der Waals surface area contributed by atoms with Gasteiger partial charge in [0.25, 0.3) is 0 Å². The molecule has 2 aliphatic heterocycles. The first-order valence-corrected chi connectivity index (χ1v) is 5.38. The molecule has 1 saturated heterocycles. The van der Waals surface area contributed by atoms with Crippen LogP contribution in [0.2, 0.25) is 0 Å². The fourth-order valence-corrected chi connectivity index (χ4v) is 1.63. The van der Waals surface area contributed by atoms with Gasteiger partial charge in [-0.25, -0.2) is 0 Å². The molecule has 2 unspecified atom stereocenters. The first-order valence-electron chi connectivity index (χ1n) is 5.02. The van der Waals surface area contributed by atoms with E-state index in [2.05, 4.69) is 38.5 Å². The molecule has 2 heterocycles. The summed E-state index contributed by atoms with van der Waals surface area (Å²) in [6, 6.07) is 0. The Labute approximate surface area is 110 Å². The Morgan fingerprint density at radius 2 is 1.94 bits per heavy atom. The van der Waals surface area contributed by atoms with Crippen LogP contribution in [0.15, 0.2) is 24.4 Å². The standard InChI is InChI=1S/C10H15N3.Cu.FH.2H2O/c1-3-7-11-9(5-1)13-10-6-2-4-8-12-10;;;;/h1,3,5,7,9-10,13H,2,4,6,8H2;;1H;2*1H2/q-2;+2;;;/p-1. The summed E-state index contributed by atoms with van der Waals surface area (Å²) in [5, 5.41) is 12.2. The molecule has 1 fully saturated rings. The van der Waals surface area contributed by atoms with Crippen LogP contribution in [0, 0.1) is 0 Å². The average Bonchev–Trinajstić information content (AvgIpc) is 2.34. The van der Waals surface area contributed by atoms with Crippen molar-refractivity contribution in [2.75, 3.05) is 6.54 Å². The van der Waals surface area contributed by atoms with Gasteiger partial charge < -0.3 is 26.9 Å². The van der Waals surface area contributed by atoms with Gasteiger partial charge in [0.1, 0.15) is 0 Å². The van der Waals surface area contributed by atoms with Crippen LogP contribution in [-0.2, 0) is 16.5 Å². The van der Waals surface area contributed by atoms with Crippen LogP contribution >= 0.6 is 0 Å². The molecule has 5 nitrogen and oxygen atoms in total. The quantitative estimate of drug-likeness (QED) is 0.755. The van der Waals surface area contributed by atoms with Crippen LogP contribution in [0.1, 0.15) is 19.3 Å². The predicted molar refractivity (Wildman–Crippen MR) is 62.8 cm³/mol. The van der Waals surface area contributed by atoms with Gasteiger partial charge in [-0.15, -0.1) is 6.54 Å². The Bertz CT molecular complexity index is 224. The van der Waals surface area contributed by atoms with Gasteiger partial charge >= 0.3 is 20.0 Å². The van der Waals surface area contributed by atoms with Crippen molar-refractivity contribution >= 4 is 0 Å². The summed E-state index contributed by atoms with van der Waals surface area (Å²) in [6.07, 6.45) is 12.0. The average molecular weight is 296 g/mol. The molecule has 105 valence electrons. The summed E-state index contributed by atoms with van der Waals surface area (Å²) in [5.41, 5.74) is 0. The van der Waals surface area contributed by atoms with Gasteiger partial charge in [-0.3, -0.25) is 0 Å². The molecule has 0 saturated carbocycles. The minimum atomic E-state index is 0. The fourth-order valence-electron chi connectivity index (χ4n) is 1.63. The maximum atomic E-state index is 9.06. The molecule has 0 radical (unpaired) electrons. The number of allylic oxidation sites excluding steroid dienone is 2. The monoisotopic (exact) mass is 295 g/mol. The number of hydrogen-bond acceptors (Lipinski definition) is 1. The molecule has 2 aliphatic rings. The van der Waals surface area contributed by atoms with E-state index in [1.807, 2.05) is 18.4 Å². The first kappa shape index (κ1) is 18.9. The molecule has 0 aromatic carbocycles. The third-order valence-electron chi connectivity index (χ3n) is 2.34. The van der Waals surface area contributed by atoms with Crippen molar-refractivity contribution < 1.29 is 31.0 Å². The molecule has 5 N–H and O–H groups in total. The van der Waals surface area contributed by atoms with Crippen molar-refractivity contribution in [3.8, 4) is 0 Å². The van der Waals surface area contributed by atoms with Gasteiger partial charge in [-0.05, 0) is 6.17 Å². The summed E-state index contributed by atoms with van der Waals surface area (Å²) >= 11 is 2.69. The molecular formula is C10H19CuFN3O2-. The van der Waals surface area contributed by atoms with Crippen molar-refractivity contribution in [3.63, 3.8) is 0 Å². The van der Waals surface area contributed by atoms with Crippen LogP contribution in [0.5, 0.6) is 0 Å². The SMILES string of the molecule is C1=C[N-]C(NC2CCCC[N-]2)C=C1.O.O.[F][Cu+]. The second-order valence-corrected chi connectivity index (χ2v) is 3.40. The number of rotatable bonds is 2. The van der Waals surface area contributed by atoms with E-state index < -0.39 is 0 Å². The third-order valence-corrected chi connectivity index (χ3v) is 2.34. The normalized spacial score (nSPS) is 25.6. The molecular weight excluding hydrogens is 277 g/mol. The topological polar surface area (TPSA) is 103 Å². The zero-order chi connectivity index (χ0) is 10.9. The summed E-state index contributed by atoms with van der Waals surface area (Å²) in [6.45, 7) is 1.00. The first-order chi connectivity index (χ1) is 7.45. The van der Waals surface area contributed by atoms with E-state index in [-0.39, 0.29) is 17.1 Å². The summed E-state index contributed by atoms with van der Waals surface area (Å²) < 4.78 is 9.06. The van der Waals surface area contributed by atoms with E-state index in [0.717, 1.165) is 13.0 Å². The van der Waals surface area contributed by atoms with Gasteiger partial charge in [-0.2, -0.15) is 6.20 Å². The second kappa shape index (κ2) is 12.0. The Balaban J connectivity index is 0. The Morgan fingerprint density at radius 3 is 2.47 bits per heavy atom. The van der Waals surface area contributed by atoms with Crippen molar-refractivity contribution in [2.24, 2.45) is 0 Å². The molecule has 0 spiro atoms. The van der Waals surface area contributed by atoms with E-state index in [1.54, 1.807) is 0 Å². The molecule has 2 rings (SSSR count). The minimum absolute atomic E-state index is 0. The van der Waals surface area contributed by atoms with Gasteiger partial charge in [0.05, 0.1) is 0 Å². The molecule has 0 bridgehead atoms. The molecule has 0 aliphatic carbocycles.